The van der Waals surface area contributed by atoms with Crippen LogP contribution in [-0.4, -0.2) is 38.3 Å². The van der Waals surface area contributed by atoms with Crippen LogP contribution in [0.4, 0.5) is 0 Å². The van der Waals surface area contributed by atoms with Crippen LogP contribution in [0.2, 0.25) is 10.0 Å². The molecule has 0 atom stereocenters. The fraction of sp³-hybridized carbons (Fsp3) is 0.167. The normalized spacial score (nSPS) is 10.5. The van der Waals surface area contributed by atoms with Gasteiger partial charge in [-0.1, -0.05) is 35.3 Å². The van der Waals surface area contributed by atoms with Gasteiger partial charge in [-0.3, -0.25) is 9.59 Å². The molecule has 0 unspecified atom stereocenters. The predicted molar refractivity (Wildman–Crippen MR) is 104 cm³/mol. The van der Waals surface area contributed by atoms with E-state index in [-0.39, 0.29) is 13.2 Å². The number of carbonyl (C=O) groups is 2. The van der Waals surface area contributed by atoms with Crippen molar-refractivity contribution in [3.05, 3.63) is 58.1 Å². The lowest BCUT2D eigenvalue weighted by atomic mass is 10.2. The Bertz CT molecular complexity index is 843. The zero-order chi connectivity index (χ0) is 19.6. The summed E-state index contributed by atoms with van der Waals surface area (Å²) in [4.78, 5) is 23.4. The second kappa shape index (κ2) is 10.4. The number of hydrogen-bond acceptors (Lipinski definition) is 5. The topological polar surface area (TPSA) is 89.0 Å². The molecule has 0 fully saturated rings. The van der Waals surface area contributed by atoms with E-state index in [1.54, 1.807) is 43.5 Å². The number of halogens is 2. The molecule has 0 aliphatic carbocycles. The average molecular weight is 410 g/mol. The molecule has 0 heterocycles. The Morgan fingerprint density at radius 2 is 1.96 bits per heavy atom. The van der Waals surface area contributed by atoms with Gasteiger partial charge in [-0.2, -0.15) is 5.10 Å². The number of carbonyl (C=O) groups excluding carboxylic acids is 2. The van der Waals surface area contributed by atoms with Crippen LogP contribution >= 0.6 is 23.2 Å². The van der Waals surface area contributed by atoms with Gasteiger partial charge in [-0.05, 0) is 35.9 Å². The van der Waals surface area contributed by atoms with Crippen LogP contribution in [-0.2, 0) is 9.59 Å². The van der Waals surface area contributed by atoms with Crippen molar-refractivity contribution in [3.63, 3.8) is 0 Å². The molecule has 2 amide bonds. The van der Waals surface area contributed by atoms with Crippen molar-refractivity contribution in [1.82, 2.24) is 10.7 Å². The highest BCUT2D eigenvalue weighted by molar-refractivity contribution is 6.35. The highest BCUT2D eigenvalue weighted by Crippen LogP contribution is 2.27. The van der Waals surface area contributed by atoms with Gasteiger partial charge in [0.1, 0.15) is 11.5 Å². The number of amides is 2. The van der Waals surface area contributed by atoms with E-state index in [9.17, 15) is 9.59 Å². The maximum Gasteiger partial charge on any atom is 0.259 e. The molecule has 2 aromatic rings. The zero-order valence-electron chi connectivity index (χ0n) is 14.4. The van der Waals surface area contributed by atoms with Crippen molar-refractivity contribution in [1.29, 1.82) is 0 Å². The van der Waals surface area contributed by atoms with E-state index in [0.29, 0.717) is 21.5 Å². The Labute approximate surface area is 166 Å². The van der Waals surface area contributed by atoms with Crippen molar-refractivity contribution in [2.24, 2.45) is 5.10 Å². The van der Waals surface area contributed by atoms with Gasteiger partial charge in [-0.15, -0.1) is 0 Å². The third-order valence-electron chi connectivity index (χ3n) is 3.20. The summed E-state index contributed by atoms with van der Waals surface area (Å²) in [6.07, 6.45) is 1.47. The summed E-state index contributed by atoms with van der Waals surface area (Å²) in [7, 11) is 1.56. The highest BCUT2D eigenvalue weighted by atomic mass is 35.5. The molecule has 2 aromatic carbocycles. The number of benzene rings is 2. The summed E-state index contributed by atoms with van der Waals surface area (Å²) in [5.41, 5.74) is 3.07. The van der Waals surface area contributed by atoms with Crippen molar-refractivity contribution in [3.8, 4) is 11.5 Å². The Morgan fingerprint density at radius 3 is 2.70 bits per heavy atom. The first kappa shape index (κ1) is 20.5. The summed E-state index contributed by atoms with van der Waals surface area (Å²) in [5.74, 6) is 0.0434. The molecular formula is C18H17Cl2N3O4. The first-order chi connectivity index (χ1) is 13.0. The van der Waals surface area contributed by atoms with Gasteiger partial charge in [0.15, 0.2) is 6.61 Å². The van der Waals surface area contributed by atoms with E-state index in [1.165, 1.54) is 12.3 Å². The molecule has 0 aromatic heterocycles. The summed E-state index contributed by atoms with van der Waals surface area (Å²) < 4.78 is 10.4. The van der Waals surface area contributed by atoms with E-state index in [4.69, 9.17) is 32.7 Å². The largest absolute Gasteiger partial charge is 0.497 e. The number of rotatable bonds is 8. The number of hydrogen-bond donors (Lipinski definition) is 2. The fourth-order valence-electron chi connectivity index (χ4n) is 1.91. The van der Waals surface area contributed by atoms with Gasteiger partial charge in [-0.25, -0.2) is 5.43 Å². The maximum absolute atomic E-state index is 11.7. The van der Waals surface area contributed by atoms with E-state index < -0.39 is 11.8 Å². The van der Waals surface area contributed by atoms with Crippen LogP contribution in [0.3, 0.4) is 0 Å². The summed E-state index contributed by atoms with van der Waals surface area (Å²) in [6, 6.07) is 11.8. The van der Waals surface area contributed by atoms with Gasteiger partial charge in [0, 0.05) is 5.02 Å². The highest BCUT2D eigenvalue weighted by Gasteiger charge is 2.08. The Balaban J connectivity index is 1.71. The van der Waals surface area contributed by atoms with Crippen molar-refractivity contribution >= 4 is 41.2 Å². The monoisotopic (exact) mass is 409 g/mol. The van der Waals surface area contributed by atoms with Crippen LogP contribution in [0.1, 0.15) is 5.56 Å². The number of methoxy groups -OCH3 is 1. The van der Waals surface area contributed by atoms with Crippen molar-refractivity contribution < 1.29 is 19.1 Å². The molecule has 0 bridgehead atoms. The quantitative estimate of drug-likeness (QED) is 0.517. The number of ether oxygens (including phenoxy) is 2. The van der Waals surface area contributed by atoms with Crippen molar-refractivity contribution in [2.75, 3.05) is 20.3 Å². The van der Waals surface area contributed by atoms with Gasteiger partial charge < -0.3 is 14.8 Å². The lowest BCUT2D eigenvalue weighted by Crippen LogP contribution is -2.37. The van der Waals surface area contributed by atoms with Crippen LogP contribution in [0.25, 0.3) is 0 Å². The summed E-state index contributed by atoms with van der Waals surface area (Å²) >= 11 is 11.7. The summed E-state index contributed by atoms with van der Waals surface area (Å²) in [6.45, 7) is -0.534. The minimum atomic E-state index is -0.480. The Kier molecular flexibility index (Phi) is 7.91. The molecular weight excluding hydrogens is 393 g/mol. The molecule has 0 aliphatic rings. The second-order valence-corrected chi connectivity index (χ2v) is 6.05. The van der Waals surface area contributed by atoms with Gasteiger partial charge in [0.25, 0.3) is 11.8 Å². The van der Waals surface area contributed by atoms with E-state index >= 15 is 0 Å². The standard InChI is InChI=1S/C18H17Cl2N3O4/c1-26-14-4-2-3-12(7-14)9-22-23-17(24)10-21-18(25)11-27-16-6-5-13(19)8-15(16)20/h2-9H,10-11H2,1H3,(H,21,25)(H,23,24)/b22-9-. The molecule has 0 saturated heterocycles. The molecule has 9 heteroatoms. The predicted octanol–water partition coefficient (Wildman–Crippen LogP) is 2.65. The number of hydrazone groups is 1. The number of nitrogens with zero attached hydrogens (tertiary/aromatic N) is 1. The first-order valence-corrected chi connectivity index (χ1v) is 8.54. The Morgan fingerprint density at radius 1 is 1.15 bits per heavy atom. The molecule has 0 spiro atoms. The lowest BCUT2D eigenvalue weighted by molar-refractivity contribution is -0.127. The minimum Gasteiger partial charge on any atom is -0.497 e. The van der Waals surface area contributed by atoms with Crippen molar-refractivity contribution in [2.45, 2.75) is 0 Å². The van der Waals surface area contributed by atoms with Gasteiger partial charge in [0.2, 0.25) is 0 Å². The molecule has 0 aliphatic heterocycles. The van der Waals surface area contributed by atoms with Crippen LogP contribution in [0.5, 0.6) is 11.5 Å². The molecule has 7 nitrogen and oxygen atoms in total. The average Bonchev–Trinajstić information content (AvgIpc) is 2.66. The van der Waals surface area contributed by atoms with E-state index in [2.05, 4.69) is 15.8 Å². The molecule has 27 heavy (non-hydrogen) atoms. The van der Waals surface area contributed by atoms with Gasteiger partial charge in [0.05, 0.1) is 24.9 Å². The number of nitrogens with one attached hydrogen (secondary N) is 2. The van der Waals surface area contributed by atoms with Crippen LogP contribution in [0, 0.1) is 0 Å². The fourth-order valence-corrected chi connectivity index (χ4v) is 2.37. The van der Waals surface area contributed by atoms with Crippen LogP contribution in [0.15, 0.2) is 47.6 Å². The maximum atomic E-state index is 11.7. The summed E-state index contributed by atoms with van der Waals surface area (Å²) in [5, 5.41) is 6.98. The Hall–Kier alpha value is -2.77. The van der Waals surface area contributed by atoms with E-state index in [0.717, 1.165) is 5.56 Å². The molecule has 2 rings (SSSR count). The third kappa shape index (κ3) is 7.16. The third-order valence-corrected chi connectivity index (χ3v) is 3.73. The van der Waals surface area contributed by atoms with Crippen LogP contribution < -0.4 is 20.2 Å². The molecule has 142 valence electrons. The smallest absolute Gasteiger partial charge is 0.259 e. The lowest BCUT2D eigenvalue weighted by Gasteiger charge is -2.08. The second-order valence-electron chi connectivity index (χ2n) is 5.21. The first-order valence-electron chi connectivity index (χ1n) is 7.78. The van der Waals surface area contributed by atoms with Gasteiger partial charge >= 0.3 is 0 Å². The minimum absolute atomic E-state index is 0.244. The molecule has 0 saturated carbocycles. The SMILES string of the molecule is COc1cccc(/C=N\NC(=O)CNC(=O)COc2ccc(Cl)cc2Cl)c1. The molecule has 2 N–H and O–H groups in total. The van der Waals surface area contributed by atoms with E-state index in [1.807, 2.05) is 0 Å². The zero-order valence-corrected chi connectivity index (χ0v) is 15.9. The molecule has 0 radical (unpaired) electrons.